The number of aliphatic imine (C=N–C) groups is 1. The summed E-state index contributed by atoms with van der Waals surface area (Å²) in [5, 5.41) is 16.4. The summed E-state index contributed by atoms with van der Waals surface area (Å²) < 4.78 is 3.30. The first-order chi connectivity index (χ1) is 10.8. The number of aromatic nitrogens is 2. The van der Waals surface area contributed by atoms with Gasteiger partial charge < -0.3 is 11.2 Å². The minimum atomic E-state index is -0.229. The van der Waals surface area contributed by atoms with Crippen molar-refractivity contribution in [2.45, 2.75) is 20.8 Å². The molecule has 0 amide bonds. The van der Waals surface area contributed by atoms with Crippen molar-refractivity contribution in [3.63, 3.8) is 0 Å². The van der Waals surface area contributed by atoms with Crippen LogP contribution in [0.4, 0.5) is 11.6 Å². The summed E-state index contributed by atoms with van der Waals surface area (Å²) in [6, 6.07) is 3.99. The van der Waals surface area contributed by atoms with Gasteiger partial charge in [0.05, 0.1) is 8.95 Å². The summed E-state index contributed by atoms with van der Waals surface area (Å²) in [5.74, 6) is 7.38. The van der Waals surface area contributed by atoms with Gasteiger partial charge in [-0.3, -0.25) is 4.40 Å². The number of hydrogen-bond donors (Lipinski definition) is 2. The molecule has 3 rings (SSSR count). The SMILES string of the molecule is CC(C)(C)C1=Nc2c(Br)cc(Br)c3n/c(=N/N)c(C#N)c(n23)N1. The van der Waals surface area contributed by atoms with Crippen LogP contribution in [0.2, 0.25) is 0 Å². The molecule has 2 aromatic heterocycles. The Morgan fingerprint density at radius 1 is 1.35 bits per heavy atom. The summed E-state index contributed by atoms with van der Waals surface area (Å²) in [6.45, 7) is 6.12. The van der Waals surface area contributed by atoms with Crippen LogP contribution in [-0.4, -0.2) is 15.2 Å². The predicted molar refractivity (Wildman–Crippen MR) is 95.2 cm³/mol. The highest BCUT2D eigenvalue weighted by Gasteiger charge is 2.28. The van der Waals surface area contributed by atoms with Gasteiger partial charge in [-0.05, 0) is 37.9 Å². The second-order valence-corrected chi connectivity index (χ2v) is 7.77. The minimum absolute atomic E-state index is 0.180. The van der Waals surface area contributed by atoms with Crippen LogP contribution in [0.5, 0.6) is 0 Å². The number of nitrogens with two attached hydrogens (primary N) is 1. The topological polar surface area (TPSA) is 104 Å². The van der Waals surface area contributed by atoms with Crippen molar-refractivity contribution >= 4 is 55.0 Å². The van der Waals surface area contributed by atoms with E-state index in [4.69, 9.17) is 10.8 Å². The van der Waals surface area contributed by atoms with Crippen LogP contribution < -0.4 is 16.6 Å². The van der Waals surface area contributed by atoms with Gasteiger partial charge in [0.1, 0.15) is 23.3 Å². The number of rotatable bonds is 0. The van der Waals surface area contributed by atoms with Gasteiger partial charge in [-0.2, -0.15) is 10.4 Å². The van der Waals surface area contributed by atoms with Crippen molar-refractivity contribution in [3.8, 4) is 6.07 Å². The molecule has 0 aromatic carbocycles. The van der Waals surface area contributed by atoms with E-state index in [2.05, 4.69) is 53.3 Å². The fourth-order valence-electron chi connectivity index (χ4n) is 2.26. The Balaban J connectivity index is 2.55. The highest BCUT2D eigenvalue weighted by atomic mass is 79.9. The smallest absolute Gasteiger partial charge is 0.195 e. The van der Waals surface area contributed by atoms with Crippen molar-refractivity contribution in [2.75, 3.05) is 5.32 Å². The first-order valence-corrected chi connectivity index (χ1v) is 8.31. The van der Waals surface area contributed by atoms with Gasteiger partial charge in [0, 0.05) is 5.41 Å². The van der Waals surface area contributed by atoms with E-state index in [0.29, 0.717) is 17.3 Å². The summed E-state index contributed by atoms with van der Waals surface area (Å²) in [4.78, 5) is 9.06. The molecule has 0 atom stereocenters. The summed E-state index contributed by atoms with van der Waals surface area (Å²) in [5.41, 5.74) is 0.797. The Kier molecular flexibility index (Phi) is 3.69. The van der Waals surface area contributed by atoms with Crippen molar-refractivity contribution in [2.24, 2.45) is 21.4 Å². The van der Waals surface area contributed by atoms with E-state index >= 15 is 0 Å². The van der Waals surface area contributed by atoms with Gasteiger partial charge in [0.25, 0.3) is 0 Å². The number of halogens is 2. The van der Waals surface area contributed by atoms with Crippen molar-refractivity contribution in [1.29, 1.82) is 5.26 Å². The van der Waals surface area contributed by atoms with Gasteiger partial charge in [-0.15, -0.1) is 0 Å². The third kappa shape index (κ3) is 2.42. The van der Waals surface area contributed by atoms with Crippen molar-refractivity contribution in [1.82, 2.24) is 9.38 Å². The van der Waals surface area contributed by atoms with Gasteiger partial charge >= 0.3 is 0 Å². The molecule has 0 saturated carbocycles. The van der Waals surface area contributed by atoms with E-state index < -0.39 is 0 Å². The molecule has 1 aliphatic heterocycles. The maximum atomic E-state index is 9.54. The number of pyridine rings is 1. The molecule has 0 radical (unpaired) electrons. The lowest BCUT2D eigenvalue weighted by Gasteiger charge is -2.28. The Hall–Kier alpha value is -1.92. The molecule has 1 aliphatic rings. The molecular formula is C14H13Br2N7. The molecule has 0 fully saturated rings. The maximum Gasteiger partial charge on any atom is 0.195 e. The number of anilines is 1. The van der Waals surface area contributed by atoms with Crippen LogP contribution >= 0.6 is 31.9 Å². The van der Waals surface area contributed by atoms with E-state index in [1.54, 1.807) is 4.40 Å². The fraction of sp³-hybridized carbons (Fsp3) is 0.286. The normalized spacial score (nSPS) is 14.4. The molecule has 118 valence electrons. The molecule has 23 heavy (non-hydrogen) atoms. The highest BCUT2D eigenvalue weighted by molar-refractivity contribution is 9.11. The highest BCUT2D eigenvalue weighted by Crippen LogP contribution is 2.38. The van der Waals surface area contributed by atoms with E-state index in [0.717, 1.165) is 14.8 Å². The monoisotopic (exact) mass is 437 g/mol. The van der Waals surface area contributed by atoms with Crippen LogP contribution in [-0.2, 0) is 0 Å². The second-order valence-electron chi connectivity index (χ2n) is 6.06. The fourth-order valence-corrected chi connectivity index (χ4v) is 3.56. The van der Waals surface area contributed by atoms with Crippen LogP contribution in [0.25, 0.3) is 5.65 Å². The molecule has 2 aromatic rings. The quantitative estimate of drug-likeness (QED) is 0.487. The Morgan fingerprint density at radius 3 is 2.61 bits per heavy atom. The first-order valence-electron chi connectivity index (χ1n) is 6.73. The minimum Gasteiger partial charge on any atom is -0.328 e. The number of nitrogens with zero attached hydrogens (tertiary/aromatic N) is 5. The molecule has 0 spiro atoms. The standard InChI is InChI=1S/C14H13Br2N7/c1-14(2,3)13-20-10-6(5-17)9(22-18)19-11-7(15)4-8(16)12(21-13)23(10)11/h4H,18H2,1-3H3,(H,20,21)/b22-9+. The molecule has 0 bridgehead atoms. The predicted octanol–water partition coefficient (Wildman–Crippen LogP) is 3.01. The largest absolute Gasteiger partial charge is 0.328 e. The van der Waals surface area contributed by atoms with E-state index in [1.165, 1.54) is 0 Å². The summed E-state index contributed by atoms with van der Waals surface area (Å²) >= 11 is 7.01. The van der Waals surface area contributed by atoms with E-state index in [-0.39, 0.29) is 16.5 Å². The third-order valence-corrected chi connectivity index (χ3v) is 4.57. The Labute approximate surface area is 149 Å². The van der Waals surface area contributed by atoms with E-state index in [1.807, 2.05) is 26.8 Å². The molecule has 0 unspecified atom stereocenters. The number of hydrogen-bond acceptors (Lipinski definition) is 6. The van der Waals surface area contributed by atoms with Crippen molar-refractivity contribution in [3.05, 3.63) is 26.1 Å². The third-order valence-electron chi connectivity index (χ3n) is 3.40. The molecule has 3 N–H and O–H groups in total. The van der Waals surface area contributed by atoms with Gasteiger partial charge in [-0.25, -0.2) is 9.98 Å². The van der Waals surface area contributed by atoms with E-state index in [9.17, 15) is 5.26 Å². The van der Waals surface area contributed by atoms with Crippen LogP contribution in [0, 0.1) is 16.7 Å². The first kappa shape index (κ1) is 16.0. The molecule has 0 aliphatic carbocycles. The molecule has 3 heterocycles. The average molecular weight is 439 g/mol. The number of nitrogens with one attached hydrogen (secondary N) is 1. The zero-order valence-electron chi connectivity index (χ0n) is 12.6. The lowest BCUT2D eigenvalue weighted by Crippen LogP contribution is -2.33. The van der Waals surface area contributed by atoms with Crippen LogP contribution in [0.15, 0.2) is 25.1 Å². The lowest BCUT2D eigenvalue weighted by molar-refractivity contribution is 0.587. The average Bonchev–Trinajstić information content (AvgIpc) is 2.49. The molecule has 0 saturated heterocycles. The van der Waals surface area contributed by atoms with Gasteiger partial charge in [0.2, 0.25) is 0 Å². The Morgan fingerprint density at radius 2 is 2.04 bits per heavy atom. The molecular weight excluding hydrogens is 426 g/mol. The van der Waals surface area contributed by atoms with Gasteiger partial charge in [0.15, 0.2) is 17.0 Å². The van der Waals surface area contributed by atoms with Crippen LogP contribution in [0.1, 0.15) is 26.3 Å². The summed E-state index contributed by atoms with van der Waals surface area (Å²) in [6.07, 6.45) is 0. The second kappa shape index (κ2) is 5.32. The molecule has 7 nitrogen and oxygen atoms in total. The molecule has 9 heteroatoms. The van der Waals surface area contributed by atoms with Crippen molar-refractivity contribution < 1.29 is 0 Å². The van der Waals surface area contributed by atoms with Gasteiger partial charge in [-0.1, -0.05) is 20.8 Å². The van der Waals surface area contributed by atoms with Crippen LogP contribution in [0.3, 0.4) is 0 Å². The Bertz CT molecular complexity index is 974. The zero-order valence-corrected chi connectivity index (χ0v) is 15.8. The number of amidine groups is 1. The lowest BCUT2D eigenvalue weighted by atomic mass is 9.94. The summed E-state index contributed by atoms with van der Waals surface area (Å²) in [7, 11) is 0. The number of nitriles is 1. The maximum absolute atomic E-state index is 9.54. The zero-order chi connectivity index (χ0) is 16.9.